The van der Waals surface area contributed by atoms with Gasteiger partial charge in [0.1, 0.15) is 11.6 Å². The summed E-state index contributed by atoms with van der Waals surface area (Å²) in [6, 6.07) is 4.04. The van der Waals surface area contributed by atoms with Crippen molar-refractivity contribution in [3.8, 4) is 0 Å². The Labute approximate surface area is 120 Å². The van der Waals surface area contributed by atoms with E-state index in [1.54, 1.807) is 0 Å². The second-order valence-corrected chi connectivity index (χ2v) is 6.66. The van der Waals surface area contributed by atoms with Crippen LogP contribution in [0.5, 0.6) is 0 Å². The lowest BCUT2D eigenvalue weighted by atomic mass is 9.69. The molecule has 1 aromatic rings. The zero-order valence-electron chi connectivity index (χ0n) is 12.7. The van der Waals surface area contributed by atoms with Gasteiger partial charge in [-0.2, -0.15) is 0 Å². The molecule has 0 aliphatic heterocycles. The van der Waals surface area contributed by atoms with Crippen LogP contribution in [0.1, 0.15) is 52.9 Å². The van der Waals surface area contributed by atoms with Crippen LogP contribution in [0.4, 0.5) is 14.5 Å². The van der Waals surface area contributed by atoms with Crippen molar-refractivity contribution in [1.82, 2.24) is 0 Å². The average Bonchev–Trinajstić information content (AvgIpc) is 2.42. The van der Waals surface area contributed by atoms with Crippen LogP contribution >= 0.6 is 0 Å². The highest BCUT2D eigenvalue weighted by Crippen LogP contribution is 2.41. The molecule has 0 radical (unpaired) electrons. The lowest BCUT2D eigenvalue weighted by molar-refractivity contribution is 0.147. The molecule has 1 aromatic carbocycles. The molecule has 20 heavy (non-hydrogen) atoms. The van der Waals surface area contributed by atoms with Crippen LogP contribution in [0, 0.1) is 23.0 Å². The van der Waals surface area contributed by atoms with Crippen molar-refractivity contribution in [2.75, 3.05) is 5.32 Å². The number of rotatable bonds is 4. The molecule has 0 heterocycles. The summed E-state index contributed by atoms with van der Waals surface area (Å²) < 4.78 is 26.5. The molecule has 112 valence electrons. The molecule has 1 N–H and O–H groups in total. The van der Waals surface area contributed by atoms with Gasteiger partial charge in [-0.25, -0.2) is 8.78 Å². The highest BCUT2D eigenvalue weighted by molar-refractivity contribution is 5.45. The van der Waals surface area contributed by atoms with E-state index in [1.165, 1.54) is 31.4 Å². The summed E-state index contributed by atoms with van der Waals surface area (Å²) in [6.07, 6.45) is 5.68. The van der Waals surface area contributed by atoms with Gasteiger partial charge in [-0.3, -0.25) is 0 Å². The fourth-order valence-electron chi connectivity index (χ4n) is 3.13. The van der Waals surface area contributed by atoms with Gasteiger partial charge in [0.15, 0.2) is 0 Å². The number of hydrogen-bond acceptors (Lipinski definition) is 1. The van der Waals surface area contributed by atoms with E-state index in [0.29, 0.717) is 17.1 Å². The maximum absolute atomic E-state index is 13.6. The van der Waals surface area contributed by atoms with Crippen molar-refractivity contribution in [3.63, 3.8) is 0 Å². The SMILES string of the molecule is CCC(C)(C)C1CCC(Nc2ccc(F)cc2F)CC1. The number of nitrogens with one attached hydrogen (secondary N) is 1. The summed E-state index contributed by atoms with van der Waals surface area (Å²) in [5.74, 6) is -0.272. The van der Waals surface area contributed by atoms with Crippen LogP contribution in [0.25, 0.3) is 0 Å². The second kappa shape index (κ2) is 6.11. The van der Waals surface area contributed by atoms with Crippen molar-refractivity contribution in [2.24, 2.45) is 11.3 Å². The van der Waals surface area contributed by atoms with E-state index in [-0.39, 0.29) is 0 Å². The molecular weight excluding hydrogens is 256 g/mol. The molecule has 0 bridgehead atoms. The Balaban J connectivity index is 1.91. The molecule has 3 heteroatoms. The third-order valence-corrected chi connectivity index (χ3v) is 5.03. The van der Waals surface area contributed by atoms with E-state index < -0.39 is 11.6 Å². The lowest BCUT2D eigenvalue weighted by Gasteiger charge is -2.39. The van der Waals surface area contributed by atoms with E-state index in [4.69, 9.17) is 0 Å². The maximum atomic E-state index is 13.6. The monoisotopic (exact) mass is 281 g/mol. The van der Waals surface area contributed by atoms with Gasteiger partial charge in [0, 0.05) is 12.1 Å². The van der Waals surface area contributed by atoms with E-state index in [1.807, 2.05) is 0 Å². The number of halogens is 2. The zero-order chi connectivity index (χ0) is 14.8. The third kappa shape index (κ3) is 3.50. The van der Waals surface area contributed by atoms with Crippen LogP contribution in [0.3, 0.4) is 0 Å². The zero-order valence-corrected chi connectivity index (χ0v) is 12.7. The topological polar surface area (TPSA) is 12.0 Å². The largest absolute Gasteiger partial charge is 0.380 e. The first kappa shape index (κ1) is 15.3. The first-order valence-electron chi connectivity index (χ1n) is 7.64. The molecule has 0 unspecified atom stereocenters. The number of hydrogen-bond donors (Lipinski definition) is 1. The van der Waals surface area contributed by atoms with Gasteiger partial charge in [0.05, 0.1) is 5.69 Å². The molecule has 0 aromatic heterocycles. The van der Waals surface area contributed by atoms with Gasteiger partial charge in [-0.15, -0.1) is 0 Å². The summed E-state index contributed by atoms with van der Waals surface area (Å²) >= 11 is 0. The Hall–Kier alpha value is -1.12. The van der Waals surface area contributed by atoms with Crippen molar-refractivity contribution in [1.29, 1.82) is 0 Å². The predicted octanol–water partition coefficient (Wildman–Crippen LogP) is 5.37. The van der Waals surface area contributed by atoms with Crippen molar-refractivity contribution in [2.45, 2.75) is 58.9 Å². The Bertz CT molecular complexity index is 448. The number of benzene rings is 1. The molecule has 0 spiro atoms. The average molecular weight is 281 g/mol. The molecule has 1 nitrogen and oxygen atoms in total. The standard InChI is InChI=1S/C17H25F2N/c1-4-17(2,3)12-5-8-14(9-6-12)20-16-10-7-13(18)11-15(16)19/h7,10-12,14,20H,4-6,8-9H2,1-3H3. The highest BCUT2D eigenvalue weighted by atomic mass is 19.1. The van der Waals surface area contributed by atoms with Crippen molar-refractivity contribution >= 4 is 5.69 Å². The van der Waals surface area contributed by atoms with Crippen LogP contribution in [-0.4, -0.2) is 6.04 Å². The Morgan fingerprint density at radius 1 is 1.15 bits per heavy atom. The smallest absolute Gasteiger partial charge is 0.149 e. The summed E-state index contributed by atoms with van der Waals surface area (Å²) in [4.78, 5) is 0. The molecule has 1 aliphatic rings. The van der Waals surface area contributed by atoms with E-state index in [9.17, 15) is 8.78 Å². The summed E-state index contributed by atoms with van der Waals surface area (Å²) in [5.41, 5.74) is 0.816. The van der Waals surface area contributed by atoms with Crippen LogP contribution in [-0.2, 0) is 0 Å². The summed E-state index contributed by atoms with van der Waals surface area (Å²) in [7, 11) is 0. The molecule has 2 rings (SSSR count). The van der Waals surface area contributed by atoms with Gasteiger partial charge < -0.3 is 5.32 Å². The van der Waals surface area contributed by atoms with Gasteiger partial charge in [0.25, 0.3) is 0 Å². The molecule has 0 saturated heterocycles. The molecule has 1 saturated carbocycles. The minimum atomic E-state index is -0.526. The molecule has 1 aliphatic carbocycles. The molecule has 0 amide bonds. The van der Waals surface area contributed by atoms with Crippen molar-refractivity contribution in [3.05, 3.63) is 29.8 Å². The van der Waals surface area contributed by atoms with Gasteiger partial charge in [-0.1, -0.05) is 27.2 Å². The molecule has 0 atom stereocenters. The first-order valence-corrected chi connectivity index (χ1v) is 7.64. The fraction of sp³-hybridized carbons (Fsp3) is 0.647. The van der Waals surface area contributed by atoms with E-state index in [2.05, 4.69) is 26.1 Å². The van der Waals surface area contributed by atoms with E-state index in [0.717, 1.165) is 24.8 Å². The Morgan fingerprint density at radius 2 is 1.80 bits per heavy atom. The van der Waals surface area contributed by atoms with Crippen LogP contribution in [0.15, 0.2) is 18.2 Å². The summed E-state index contributed by atoms with van der Waals surface area (Å²) in [6.45, 7) is 6.92. The first-order chi connectivity index (χ1) is 9.42. The van der Waals surface area contributed by atoms with Gasteiger partial charge in [-0.05, 0) is 49.1 Å². The minimum Gasteiger partial charge on any atom is -0.380 e. The summed E-state index contributed by atoms with van der Waals surface area (Å²) in [5, 5.41) is 3.22. The number of anilines is 1. The van der Waals surface area contributed by atoms with Gasteiger partial charge in [0.2, 0.25) is 0 Å². The van der Waals surface area contributed by atoms with Crippen molar-refractivity contribution < 1.29 is 8.78 Å². The lowest BCUT2D eigenvalue weighted by Crippen LogP contribution is -2.32. The Kier molecular flexibility index (Phi) is 4.66. The highest BCUT2D eigenvalue weighted by Gasteiger charge is 2.31. The maximum Gasteiger partial charge on any atom is 0.149 e. The van der Waals surface area contributed by atoms with Gasteiger partial charge >= 0.3 is 0 Å². The minimum absolute atomic E-state index is 0.305. The predicted molar refractivity (Wildman–Crippen MR) is 79.8 cm³/mol. The molecular formula is C17H25F2N. The third-order valence-electron chi connectivity index (χ3n) is 5.03. The second-order valence-electron chi connectivity index (χ2n) is 6.66. The fourth-order valence-corrected chi connectivity index (χ4v) is 3.13. The normalized spacial score (nSPS) is 23.6. The Morgan fingerprint density at radius 3 is 2.35 bits per heavy atom. The van der Waals surface area contributed by atoms with E-state index >= 15 is 0 Å². The van der Waals surface area contributed by atoms with Crippen LogP contribution < -0.4 is 5.32 Å². The van der Waals surface area contributed by atoms with Crippen LogP contribution in [0.2, 0.25) is 0 Å². The molecule has 1 fully saturated rings. The quantitative estimate of drug-likeness (QED) is 0.782.